The van der Waals surface area contributed by atoms with Gasteiger partial charge in [-0.2, -0.15) is 4.98 Å². The van der Waals surface area contributed by atoms with Crippen LogP contribution < -0.4 is 14.8 Å². The maximum Gasteiger partial charge on any atom is 0.262 e. The molecule has 0 atom stereocenters. The van der Waals surface area contributed by atoms with Crippen LogP contribution in [0.15, 0.2) is 71.3 Å². The van der Waals surface area contributed by atoms with Crippen LogP contribution in [0.25, 0.3) is 22.8 Å². The minimum Gasteiger partial charge on any atom is -0.497 e. The second kappa shape index (κ2) is 9.49. The monoisotopic (exact) mass is 453 g/mol. The van der Waals surface area contributed by atoms with E-state index in [0.717, 1.165) is 11.3 Å². The molecular formula is C23H17ClFN3O4. The predicted octanol–water partition coefficient (Wildman–Crippen LogP) is 5.22. The number of hydrogen-bond donors (Lipinski definition) is 1. The molecule has 0 aliphatic heterocycles. The van der Waals surface area contributed by atoms with Gasteiger partial charge in [0.05, 0.1) is 17.8 Å². The number of hydrogen-bond acceptors (Lipinski definition) is 6. The van der Waals surface area contributed by atoms with Gasteiger partial charge in [-0.25, -0.2) is 4.39 Å². The largest absolute Gasteiger partial charge is 0.497 e. The third kappa shape index (κ3) is 4.87. The molecule has 4 aromatic rings. The number of benzene rings is 3. The van der Waals surface area contributed by atoms with Crippen LogP contribution in [0, 0.1) is 5.82 Å². The number of aromatic nitrogens is 2. The molecule has 1 heterocycles. The highest BCUT2D eigenvalue weighted by Gasteiger charge is 2.12. The van der Waals surface area contributed by atoms with Crippen LogP contribution >= 0.6 is 11.6 Å². The van der Waals surface area contributed by atoms with Crippen molar-refractivity contribution in [3.63, 3.8) is 0 Å². The quantitative estimate of drug-likeness (QED) is 0.412. The molecular weight excluding hydrogens is 437 g/mol. The van der Waals surface area contributed by atoms with Gasteiger partial charge in [0.25, 0.3) is 11.8 Å². The average Bonchev–Trinajstić information content (AvgIpc) is 3.31. The van der Waals surface area contributed by atoms with E-state index in [4.69, 9.17) is 25.6 Å². The van der Waals surface area contributed by atoms with E-state index in [-0.39, 0.29) is 17.3 Å². The van der Waals surface area contributed by atoms with E-state index >= 15 is 0 Å². The SMILES string of the molecule is COc1ccc(-c2noc(-c3ccc(OCC(=O)Nc4cccc(Cl)c4F)cc3)n2)cc1. The summed E-state index contributed by atoms with van der Waals surface area (Å²) in [5.41, 5.74) is 1.48. The zero-order chi connectivity index (χ0) is 22.5. The van der Waals surface area contributed by atoms with E-state index in [1.54, 1.807) is 31.4 Å². The lowest BCUT2D eigenvalue weighted by Crippen LogP contribution is -2.20. The summed E-state index contributed by atoms with van der Waals surface area (Å²) in [6, 6.07) is 18.5. The summed E-state index contributed by atoms with van der Waals surface area (Å²) in [4.78, 5) is 16.4. The molecule has 0 aliphatic carbocycles. The molecule has 1 amide bonds. The lowest BCUT2D eigenvalue weighted by molar-refractivity contribution is -0.118. The molecule has 0 saturated carbocycles. The molecule has 7 nitrogen and oxygen atoms in total. The van der Waals surface area contributed by atoms with Crippen molar-refractivity contribution in [1.82, 2.24) is 10.1 Å². The average molecular weight is 454 g/mol. The first-order valence-corrected chi connectivity index (χ1v) is 9.86. The summed E-state index contributed by atoms with van der Waals surface area (Å²) in [5, 5.41) is 6.35. The smallest absolute Gasteiger partial charge is 0.262 e. The van der Waals surface area contributed by atoms with Crippen molar-refractivity contribution in [2.24, 2.45) is 0 Å². The number of halogens is 2. The highest BCUT2D eigenvalue weighted by molar-refractivity contribution is 6.31. The molecule has 0 radical (unpaired) electrons. The number of nitrogens with one attached hydrogen (secondary N) is 1. The predicted molar refractivity (Wildman–Crippen MR) is 117 cm³/mol. The van der Waals surface area contributed by atoms with Crippen LogP contribution in [0.1, 0.15) is 0 Å². The Morgan fingerprint density at radius 3 is 2.44 bits per heavy atom. The number of anilines is 1. The molecule has 0 spiro atoms. The van der Waals surface area contributed by atoms with Crippen molar-refractivity contribution in [3.05, 3.63) is 77.6 Å². The molecule has 32 heavy (non-hydrogen) atoms. The van der Waals surface area contributed by atoms with Crippen molar-refractivity contribution in [2.75, 3.05) is 19.0 Å². The summed E-state index contributed by atoms with van der Waals surface area (Å²) in [6.07, 6.45) is 0. The van der Waals surface area contributed by atoms with Crippen LogP contribution in [0.2, 0.25) is 5.02 Å². The Morgan fingerprint density at radius 1 is 1.03 bits per heavy atom. The van der Waals surface area contributed by atoms with Gasteiger partial charge in [0, 0.05) is 11.1 Å². The normalized spacial score (nSPS) is 10.6. The maximum absolute atomic E-state index is 13.9. The van der Waals surface area contributed by atoms with E-state index in [1.807, 2.05) is 24.3 Å². The second-order valence-corrected chi connectivity index (χ2v) is 7.02. The number of rotatable bonds is 7. The van der Waals surface area contributed by atoms with Gasteiger partial charge in [-0.15, -0.1) is 0 Å². The van der Waals surface area contributed by atoms with Crippen LogP contribution in [-0.2, 0) is 4.79 Å². The van der Waals surface area contributed by atoms with Crippen molar-refractivity contribution in [2.45, 2.75) is 0 Å². The van der Waals surface area contributed by atoms with Crippen LogP contribution in [-0.4, -0.2) is 29.8 Å². The van der Waals surface area contributed by atoms with E-state index in [9.17, 15) is 9.18 Å². The summed E-state index contributed by atoms with van der Waals surface area (Å²) in [7, 11) is 1.60. The molecule has 9 heteroatoms. The minimum absolute atomic E-state index is 0.00879. The van der Waals surface area contributed by atoms with E-state index in [2.05, 4.69) is 15.5 Å². The highest BCUT2D eigenvalue weighted by Crippen LogP contribution is 2.26. The molecule has 0 aliphatic rings. The maximum atomic E-state index is 13.9. The van der Waals surface area contributed by atoms with Crippen LogP contribution in [0.4, 0.5) is 10.1 Å². The third-order valence-corrected chi connectivity index (χ3v) is 4.76. The first-order valence-electron chi connectivity index (χ1n) is 9.49. The molecule has 1 aromatic heterocycles. The fraction of sp³-hybridized carbons (Fsp3) is 0.0870. The Bertz CT molecular complexity index is 1230. The molecule has 0 unspecified atom stereocenters. The van der Waals surface area contributed by atoms with Gasteiger partial charge in [0.2, 0.25) is 5.82 Å². The fourth-order valence-corrected chi connectivity index (χ4v) is 3.00. The van der Waals surface area contributed by atoms with Gasteiger partial charge in [-0.05, 0) is 60.7 Å². The fourth-order valence-electron chi connectivity index (χ4n) is 2.83. The van der Waals surface area contributed by atoms with Gasteiger partial charge in [-0.1, -0.05) is 22.8 Å². The molecule has 1 N–H and O–H groups in total. The Labute approximate surface area is 187 Å². The van der Waals surface area contributed by atoms with Crippen LogP contribution in [0.3, 0.4) is 0 Å². The zero-order valence-electron chi connectivity index (χ0n) is 16.8. The van der Waals surface area contributed by atoms with Gasteiger partial charge in [-0.3, -0.25) is 4.79 Å². The molecule has 0 fully saturated rings. The Morgan fingerprint density at radius 2 is 1.72 bits per heavy atom. The number of nitrogens with zero attached hydrogens (tertiary/aromatic N) is 2. The zero-order valence-corrected chi connectivity index (χ0v) is 17.6. The second-order valence-electron chi connectivity index (χ2n) is 6.61. The summed E-state index contributed by atoms with van der Waals surface area (Å²) >= 11 is 5.70. The molecule has 3 aromatic carbocycles. The highest BCUT2D eigenvalue weighted by atomic mass is 35.5. The topological polar surface area (TPSA) is 86.5 Å². The third-order valence-electron chi connectivity index (χ3n) is 4.47. The van der Waals surface area contributed by atoms with Gasteiger partial charge >= 0.3 is 0 Å². The number of ether oxygens (including phenoxy) is 2. The molecule has 4 rings (SSSR count). The summed E-state index contributed by atoms with van der Waals surface area (Å²) < 4.78 is 29.8. The Kier molecular flexibility index (Phi) is 6.32. The number of carbonyl (C=O) groups excluding carboxylic acids is 1. The van der Waals surface area contributed by atoms with Crippen LogP contribution in [0.5, 0.6) is 11.5 Å². The van der Waals surface area contributed by atoms with Crippen molar-refractivity contribution >= 4 is 23.2 Å². The van der Waals surface area contributed by atoms with Gasteiger partial charge in [0.15, 0.2) is 12.4 Å². The van der Waals surface area contributed by atoms with Crippen molar-refractivity contribution in [3.8, 4) is 34.3 Å². The number of methoxy groups -OCH3 is 1. The molecule has 0 saturated heterocycles. The first-order chi connectivity index (χ1) is 15.5. The van der Waals surface area contributed by atoms with E-state index < -0.39 is 11.7 Å². The standard InChI is InChI=1S/C23H17ClFN3O4/c1-30-16-9-5-14(6-10-16)22-27-23(32-28-22)15-7-11-17(12-8-15)31-13-20(29)26-19-4-2-3-18(24)21(19)25/h2-12H,13H2,1H3,(H,26,29). The Balaban J connectivity index is 1.36. The lowest BCUT2D eigenvalue weighted by Gasteiger charge is -2.09. The summed E-state index contributed by atoms with van der Waals surface area (Å²) in [6.45, 7) is -0.298. The summed E-state index contributed by atoms with van der Waals surface area (Å²) in [5.74, 6) is 0.769. The van der Waals surface area contributed by atoms with E-state index in [0.29, 0.717) is 23.0 Å². The Hall–Kier alpha value is -3.91. The molecule has 162 valence electrons. The minimum atomic E-state index is -0.694. The lowest BCUT2D eigenvalue weighted by atomic mass is 10.2. The first kappa shape index (κ1) is 21.3. The van der Waals surface area contributed by atoms with E-state index in [1.165, 1.54) is 18.2 Å². The van der Waals surface area contributed by atoms with Crippen molar-refractivity contribution < 1.29 is 23.2 Å². The molecule has 0 bridgehead atoms. The van der Waals surface area contributed by atoms with Gasteiger partial charge < -0.3 is 19.3 Å². The number of amides is 1. The van der Waals surface area contributed by atoms with Gasteiger partial charge in [0.1, 0.15) is 11.5 Å². The number of carbonyl (C=O) groups is 1. The van der Waals surface area contributed by atoms with Crippen molar-refractivity contribution in [1.29, 1.82) is 0 Å².